The van der Waals surface area contributed by atoms with Crippen LogP contribution in [0.3, 0.4) is 0 Å². The number of ether oxygens (including phenoxy) is 1. The standard InChI is InChI=1S/C19H14N2O2S/c1-2-6-14(7-3-1)13-22-16-9-4-8-15(12-16)18-20-19(23-21-18)17-10-5-11-24-17/h1-12H,13H2. The Morgan fingerprint density at radius 3 is 2.71 bits per heavy atom. The molecule has 0 amide bonds. The van der Waals surface area contributed by atoms with Gasteiger partial charge in [0.05, 0.1) is 4.88 Å². The monoisotopic (exact) mass is 334 g/mol. The Morgan fingerprint density at radius 1 is 0.958 bits per heavy atom. The molecule has 0 bridgehead atoms. The average molecular weight is 334 g/mol. The molecule has 0 saturated heterocycles. The van der Waals surface area contributed by atoms with Crippen molar-refractivity contribution in [1.82, 2.24) is 10.1 Å². The molecular weight excluding hydrogens is 320 g/mol. The van der Waals surface area contributed by atoms with Crippen molar-refractivity contribution < 1.29 is 9.26 Å². The van der Waals surface area contributed by atoms with Gasteiger partial charge in [-0.1, -0.05) is 53.7 Å². The van der Waals surface area contributed by atoms with Gasteiger partial charge in [0.1, 0.15) is 12.4 Å². The van der Waals surface area contributed by atoms with Crippen LogP contribution >= 0.6 is 11.3 Å². The first kappa shape index (κ1) is 14.7. The second-order valence-electron chi connectivity index (χ2n) is 5.20. The maximum atomic E-state index is 5.85. The lowest BCUT2D eigenvalue weighted by Crippen LogP contribution is -1.95. The van der Waals surface area contributed by atoms with Crippen LogP contribution in [0.1, 0.15) is 5.56 Å². The minimum absolute atomic E-state index is 0.525. The summed E-state index contributed by atoms with van der Waals surface area (Å²) in [5, 5.41) is 6.05. The zero-order valence-electron chi connectivity index (χ0n) is 12.8. The Morgan fingerprint density at radius 2 is 1.88 bits per heavy atom. The number of hydrogen-bond donors (Lipinski definition) is 0. The molecule has 0 saturated carbocycles. The Kier molecular flexibility index (Phi) is 4.08. The van der Waals surface area contributed by atoms with Crippen molar-refractivity contribution in [3.63, 3.8) is 0 Å². The molecule has 0 aliphatic heterocycles. The van der Waals surface area contributed by atoms with Crippen LogP contribution in [-0.4, -0.2) is 10.1 Å². The number of nitrogens with zero attached hydrogens (tertiary/aromatic N) is 2. The van der Waals surface area contributed by atoms with E-state index in [1.165, 1.54) is 0 Å². The molecule has 0 radical (unpaired) electrons. The molecule has 2 aromatic heterocycles. The molecule has 0 fully saturated rings. The number of hydrogen-bond acceptors (Lipinski definition) is 5. The lowest BCUT2D eigenvalue weighted by Gasteiger charge is -2.06. The van der Waals surface area contributed by atoms with Gasteiger partial charge >= 0.3 is 0 Å². The predicted octanol–water partition coefficient (Wildman–Crippen LogP) is 5.04. The maximum absolute atomic E-state index is 5.85. The van der Waals surface area contributed by atoms with E-state index >= 15 is 0 Å². The summed E-state index contributed by atoms with van der Waals surface area (Å²) in [4.78, 5) is 5.42. The average Bonchev–Trinajstić information content (AvgIpc) is 3.32. The molecule has 0 unspecified atom stereocenters. The Labute approximate surface area is 143 Å². The molecule has 5 heteroatoms. The number of rotatable bonds is 5. The Bertz CT molecular complexity index is 917. The SMILES string of the molecule is c1ccc(COc2cccc(-c3noc(-c4cccs4)n3)c2)cc1. The second-order valence-corrected chi connectivity index (χ2v) is 6.15. The van der Waals surface area contributed by atoms with Crippen molar-refractivity contribution in [3.8, 4) is 27.9 Å². The van der Waals surface area contributed by atoms with Crippen molar-refractivity contribution in [3.05, 3.63) is 77.7 Å². The van der Waals surface area contributed by atoms with Gasteiger partial charge in [0.15, 0.2) is 0 Å². The molecule has 0 atom stereocenters. The molecule has 0 N–H and O–H groups in total. The first-order valence-corrected chi connectivity index (χ1v) is 8.41. The topological polar surface area (TPSA) is 48.2 Å². The van der Waals surface area contributed by atoms with E-state index in [0.717, 1.165) is 21.8 Å². The highest BCUT2D eigenvalue weighted by molar-refractivity contribution is 7.13. The summed E-state index contributed by atoms with van der Waals surface area (Å²) in [7, 11) is 0. The van der Waals surface area contributed by atoms with Crippen LogP contribution in [0.4, 0.5) is 0 Å². The van der Waals surface area contributed by atoms with E-state index in [1.54, 1.807) is 11.3 Å². The molecule has 4 nitrogen and oxygen atoms in total. The summed E-state index contributed by atoms with van der Waals surface area (Å²) in [6, 6.07) is 21.7. The highest BCUT2D eigenvalue weighted by atomic mass is 32.1. The summed E-state index contributed by atoms with van der Waals surface area (Å²) >= 11 is 1.57. The molecule has 2 aromatic carbocycles. The van der Waals surface area contributed by atoms with Gasteiger partial charge < -0.3 is 9.26 Å². The van der Waals surface area contributed by atoms with Crippen LogP contribution in [0.15, 0.2) is 76.6 Å². The predicted molar refractivity (Wildman–Crippen MR) is 93.8 cm³/mol. The van der Waals surface area contributed by atoms with Crippen LogP contribution < -0.4 is 4.74 Å². The smallest absolute Gasteiger partial charge is 0.268 e. The second kappa shape index (κ2) is 6.68. The zero-order chi connectivity index (χ0) is 16.2. The summed E-state index contributed by atoms with van der Waals surface area (Å²) < 4.78 is 11.2. The lowest BCUT2D eigenvalue weighted by molar-refractivity contribution is 0.306. The van der Waals surface area contributed by atoms with Gasteiger partial charge in [0, 0.05) is 5.56 Å². The summed E-state index contributed by atoms with van der Waals surface area (Å²) in [6.07, 6.45) is 0. The summed E-state index contributed by atoms with van der Waals surface area (Å²) in [6.45, 7) is 0.525. The van der Waals surface area contributed by atoms with E-state index in [-0.39, 0.29) is 0 Å². The van der Waals surface area contributed by atoms with Crippen molar-refractivity contribution in [2.24, 2.45) is 0 Å². The van der Waals surface area contributed by atoms with E-state index in [0.29, 0.717) is 18.3 Å². The van der Waals surface area contributed by atoms with Crippen molar-refractivity contribution in [1.29, 1.82) is 0 Å². The van der Waals surface area contributed by atoms with Gasteiger partial charge in [-0.3, -0.25) is 0 Å². The summed E-state index contributed by atoms with van der Waals surface area (Å²) in [5.74, 6) is 1.87. The minimum Gasteiger partial charge on any atom is -0.489 e. The molecule has 0 aliphatic carbocycles. The molecule has 0 aliphatic rings. The molecule has 24 heavy (non-hydrogen) atoms. The van der Waals surface area contributed by atoms with Crippen molar-refractivity contribution in [2.45, 2.75) is 6.61 Å². The number of thiophene rings is 1. The highest BCUT2D eigenvalue weighted by Gasteiger charge is 2.11. The van der Waals surface area contributed by atoms with E-state index in [9.17, 15) is 0 Å². The van der Waals surface area contributed by atoms with Crippen LogP contribution in [0.25, 0.3) is 22.2 Å². The van der Waals surface area contributed by atoms with Crippen molar-refractivity contribution >= 4 is 11.3 Å². The van der Waals surface area contributed by atoms with Gasteiger partial charge in [-0.25, -0.2) is 0 Å². The fourth-order valence-electron chi connectivity index (χ4n) is 2.31. The van der Waals surface area contributed by atoms with Gasteiger partial charge in [-0.05, 0) is 29.1 Å². The third-order valence-corrected chi connectivity index (χ3v) is 4.36. The maximum Gasteiger partial charge on any atom is 0.268 e. The van der Waals surface area contributed by atoms with Crippen LogP contribution in [-0.2, 0) is 6.61 Å². The first-order valence-electron chi connectivity index (χ1n) is 7.53. The Hall–Kier alpha value is -2.92. The van der Waals surface area contributed by atoms with Gasteiger partial charge in [0.2, 0.25) is 5.82 Å². The van der Waals surface area contributed by atoms with Gasteiger partial charge in [-0.2, -0.15) is 4.98 Å². The molecule has 2 heterocycles. The quantitative estimate of drug-likeness (QED) is 0.513. The lowest BCUT2D eigenvalue weighted by atomic mass is 10.2. The van der Waals surface area contributed by atoms with Crippen LogP contribution in [0, 0.1) is 0 Å². The van der Waals surface area contributed by atoms with E-state index in [4.69, 9.17) is 9.26 Å². The molecular formula is C19H14N2O2S. The highest BCUT2D eigenvalue weighted by Crippen LogP contribution is 2.27. The summed E-state index contributed by atoms with van der Waals surface area (Å²) in [5.41, 5.74) is 1.99. The van der Waals surface area contributed by atoms with E-state index in [1.807, 2.05) is 72.1 Å². The van der Waals surface area contributed by atoms with Crippen LogP contribution in [0.5, 0.6) is 5.75 Å². The first-order chi connectivity index (χ1) is 11.9. The molecule has 118 valence electrons. The van der Waals surface area contributed by atoms with E-state index < -0.39 is 0 Å². The van der Waals surface area contributed by atoms with E-state index in [2.05, 4.69) is 10.1 Å². The molecule has 4 aromatic rings. The minimum atomic E-state index is 0.525. The third-order valence-electron chi connectivity index (χ3n) is 3.50. The van der Waals surface area contributed by atoms with Gasteiger partial charge in [-0.15, -0.1) is 11.3 Å². The van der Waals surface area contributed by atoms with Crippen molar-refractivity contribution in [2.75, 3.05) is 0 Å². The molecule has 0 spiro atoms. The third kappa shape index (κ3) is 3.21. The van der Waals surface area contributed by atoms with Crippen LogP contribution in [0.2, 0.25) is 0 Å². The number of benzene rings is 2. The largest absolute Gasteiger partial charge is 0.489 e. The number of aromatic nitrogens is 2. The van der Waals surface area contributed by atoms with Gasteiger partial charge in [0.25, 0.3) is 5.89 Å². The fraction of sp³-hybridized carbons (Fsp3) is 0.0526. The zero-order valence-corrected chi connectivity index (χ0v) is 13.6. The Balaban J connectivity index is 1.52. The normalized spacial score (nSPS) is 10.7. The fourth-order valence-corrected chi connectivity index (χ4v) is 2.95. The molecule has 4 rings (SSSR count).